The third kappa shape index (κ3) is 4.24. The Morgan fingerprint density at radius 3 is 3.16 bits per heavy atom. The predicted molar refractivity (Wildman–Crippen MR) is 73.4 cm³/mol. The standard InChI is InChI=1S/C15H21NO3/c1-11(7-15(17)18)9-16-10-12-4-5-14-13(8-12)3-2-6-19-14/h4-5,8,11,16H,2-3,6-7,9-10H2,1H3,(H,17,18). The van der Waals surface area contributed by atoms with Crippen molar-refractivity contribution in [2.75, 3.05) is 13.2 Å². The molecule has 19 heavy (non-hydrogen) atoms. The Bertz CT molecular complexity index is 445. The van der Waals surface area contributed by atoms with E-state index in [1.54, 1.807) is 0 Å². The van der Waals surface area contributed by atoms with Gasteiger partial charge in [-0.05, 0) is 42.5 Å². The zero-order valence-electron chi connectivity index (χ0n) is 11.3. The number of hydrogen-bond donors (Lipinski definition) is 2. The quantitative estimate of drug-likeness (QED) is 0.826. The summed E-state index contributed by atoms with van der Waals surface area (Å²) >= 11 is 0. The van der Waals surface area contributed by atoms with Gasteiger partial charge in [-0.1, -0.05) is 19.1 Å². The van der Waals surface area contributed by atoms with Crippen molar-refractivity contribution in [2.24, 2.45) is 5.92 Å². The molecule has 104 valence electrons. The lowest BCUT2D eigenvalue weighted by atomic mass is 10.0. The second-order valence-corrected chi connectivity index (χ2v) is 5.23. The highest BCUT2D eigenvalue weighted by Gasteiger charge is 2.11. The molecule has 4 heteroatoms. The predicted octanol–water partition coefficient (Wildman–Crippen LogP) is 2.21. The summed E-state index contributed by atoms with van der Waals surface area (Å²) < 4.78 is 5.58. The molecule has 0 bridgehead atoms. The van der Waals surface area contributed by atoms with Gasteiger partial charge in [0.05, 0.1) is 6.61 Å². The van der Waals surface area contributed by atoms with E-state index >= 15 is 0 Å². The molecule has 2 N–H and O–H groups in total. The molecule has 1 aliphatic heterocycles. The molecule has 0 amide bonds. The number of rotatable bonds is 6. The van der Waals surface area contributed by atoms with Gasteiger partial charge in [0, 0.05) is 13.0 Å². The highest BCUT2D eigenvalue weighted by molar-refractivity contribution is 5.66. The Labute approximate surface area is 113 Å². The van der Waals surface area contributed by atoms with E-state index in [2.05, 4.69) is 17.4 Å². The fourth-order valence-corrected chi connectivity index (χ4v) is 2.36. The third-order valence-corrected chi connectivity index (χ3v) is 3.32. The maximum atomic E-state index is 10.6. The Hall–Kier alpha value is -1.55. The van der Waals surface area contributed by atoms with Gasteiger partial charge >= 0.3 is 5.97 Å². The number of ether oxygens (including phenoxy) is 1. The molecule has 0 saturated carbocycles. The third-order valence-electron chi connectivity index (χ3n) is 3.32. The van der Waals surface area contributed by atoms with Gasteiger partial charge in [0.2, 0.25) is 0 Å². The van der Waals surface area contributed by atoms with Crippen LogP contribution in [0.2, 0.25) is 0 Å². The van der Waals surface area contributed by atoms with Crippen molar-refractivity contribution in [3.8, 4) is 5.75 Å². The number of nitrogens with one attached hydrogen (secondary N) is 1. The molecule has 0 radical (unpaired) electrons. The number of aryl methyl sites for hydroxylation is 1. The van der Waals surface area contributed by atoms with Crippen molar-refractivity contribution < 1.29 is 14.6 Å². The maximum absolute atomic E-state index is 10.6. The highest BCUT2D eigenvalue weighted by Crippen LogP contribution is 2.25. The van der Waals surface area contributed by atoms with Gasteiger partial charge in [-0.15, -0.1) is 0 Å². The average Bonchev–Trinajstić information content (AvgIpc) is 2.37. The number of benzene rings is 1. The first-order valence-corrected chi connectivity index (χ1v) is 6.82. The SMILES string of the molecule is CC(CNCc1ccc2c(c1)CCCO2)CC(=O)O. The lowest BCUT2D eigenvalue weighted by Crippen LogP contribution is -2.22. The lowest BCUT2D eigenvalue weighted by molar-refractivity contribution is -0.137. The first-order chi connectivity index (χ1) is 9.15. The first-order valence-electron chi connectivity index (χ1n) is 6.82. The number of hydrogen-bond acceptors (Lipinski definition) is 3. The smallest absolute Gasteiger partial charge is 0.303 e. The Morgan fingerprint density at radius 1 is 1.53 bits per heavy atom. The van der Waals surface area contributed by atoms with Crippen LogP contribution in [0.5, 0.6) is 5.75 Å². The Kier molecular flexibility index (Phi) is 4.80. The summed E-state index contributed by atoms with van der Waals surface area (Å²) in [6.07, 6.45) is 2.38. The molecule has 0 fully saturated rings. The van der Waals surface area contributed by atoms with Crippen LogP contribution in [0, 0.1) is 5.92 Å². The minimum atomic E-state index is -0.736. The molecule has 2 rings (SSSR count). The highest BCUT2D eigenvalue weighted by atomic mass is 16.5. The summed E-state index contributed by atoms with van der Waals surface area (Å²) in [5.74, 6) is 0.424. The van der Waals surface area contributed by atoms with Crippen molar-refractivity contribution in [2.45, 2.75) is 32.7 Å². The zero-order valence-corrected chi connectivity index (χ0v) is 11.3. The molecule has 1 aromatic carbocycles. The summed E-state index contributed by atoms with van der Waals surface area (Å²) in [5.41, 5.74) is 2.51. The van der Waals surface area contributed by atoms with Crippen molar-refractivity contribution in [1.29, 1.82) is 0 Å². The van der Waals surface area contributed by atoms with E-state index in [0.717, 1.165) is 38.3 Å². The topological polar surface area (TPSA) is 58.6 Å². The molecule has 1 aliphatic rings. The maximum Gasteiger partial charge on any atom is 0.303 e. The molecule has 0 aromatic heterocycles. The molecule has 1 unspecified atom stereocenters. The van der Waals surface area contributed by atoms with Crippen molar-refractivity contribution in [3.05, 3.63) is 29.3 Å². The first kappa shape index (κ1) is 13.9. The van der Waals surface area contributed by atoms with Gasteiger partial charge in [0.25, 0.3) is 0 Å². The van der Waals surface area contributed by atoms with E-state index < -0.39 is 5.97 Å². The zero-order chi connectivity index (χ0) is 13.7. The van der Waals surface area contributed by atoms with Crippen LogP contribution in [0.4, 0.5) is 0 Å². The number of carboxylic acid groups (broad SMARTS) is 1. The second-order valence-electron chi connectivity index (χ2n) is 5.23. The van der Waals surface area contributed by atoms with E-state index in [9.17, 15) is 4.79 Å². The Balaban J connectivity index is 1.81. The second kappa shape index (κ2) is 6.57. The van der Waals surface area contributed by atoms with Gasteiger partial charge < -0.3 is 15.2 Å². The van der Waals surface area contributed by atoms with Crippen molar-refractivity contribution >= 4 is 5.97 Å². The van der Waals surface area contributed by atoms with E-state index in [1.165, 1.54) is 11.1 Å². The van der Waals surface area contributed by atoms with Crippen LogP contribution >= 0.6 is 0 Å². The molecule has 0 spiro atoms. The minimum absolute atomic E-state index is 0.151. The number of carbonyl (C=O) groups is 1. The van der Waals surface area contributed by atoms with E-state index in [-0.39, 0.29) is 12.3 Å². The van der Waals surface area contributed by atoms with Crippen LogP contribution in [-0.2, 0) is 17.8 Å². The van der Waals surface area contributed by atoms with Crippen LogP contribution in [0.3, 0.4) is 0 Å². The lowest BCUT2D eigenvalue weighted by Gasteiger charge is -2.18. The van der Waals surface area contributed by atoms with E-state index in [1.807, 2.05) is 13.0 Å². The summed E-state index contributed by atoms with van der Waals surface area (Å²) in [5, 5.41) is 12.0. The van der Waals surface area contributed by atoms with Crippen molar-refractivity contribution in [3.63, 3.8) is 0 Å². The largest absolute Gasteiger partial charge is 0.493 e. The minimum Gasteiger partial charge on any atom is -0.493 e. The summed E-state index contributed by atoms with van der Waals surface area (Å²) in [4.78, 5) is 10.6. The summed E-state index contributed by atoms with van der Waals surface area (Å²) in [6.45, 7) is 4.26. The number of aliphatic carboxylic acids is 1. The van der Waals surface area contributed by atoms with Crippen molar-refractivity contribution in [1.82, 2.24) is 5.32 Å². The molecular formula is C15H21NO3. The molecule has 1 aromatic rings. The molecule has 4 nitrogen and oxygen atoms in total. The average molecular weight is 263 g/mol. The van der Waals surface area contributed by atoms with Gasteiger partial charge in [0.15, 0.2) is 0 Å². The summed E-state index contributed by atoms with van der Waals surface area (Å²) in [6, 6.07) is 6.29. The van der Waals surface area contributed by atoms with Crippen LogP contribution in [0.1, 0.15) is 30.9 Å². The molecule has 1 heterocycles. The molecular weight excluding hydrogens is 242 g/mol. The van der Waals surface area contributed by atoms with Gasteiger partial charge in [-0.25, -0.2) is 0 Å². The van der Waals surface area contributed by atoms with Gasteiger partial charge in [-0.3, -0.25) is 4.79 Å². The number of fused-ring (bicyclic) bond motifs is 1. The fourth-order valence-electron chi connectivity index (χ4n) is 2.36. The molecule has 1 atom stereocenters. The van der Waals surface area contributed by atoms with Crippen LogP contribution in [0.25, 0.3) is 0 Å². The van der Waals surface area contributed by atoms with Crippen LogP contribution in [-0.4, -0.2) is 24.2 Å². The van der Waals surface area contributed by atoms with Crippen LogP contribution < -0.4 is 10.1 Å². The van der Waals surface area contributed by atoms with Crippen LogP contribution in [0.15, 0.2) is 18.2 Å². The Morgan fingerprint density at radius 2 is 2.37 bits per heavy atom. The van der Waals surface area contributed by atoms with Gasteiger partial charge in [-0.2, -0.15) is 0 Å². The summed E-state index contributed by atoms with van der Waals surface area (Å²) in [7, 11) is 0. The number of carboxylic acids is 1. The van der Waals surface area contributed by atoms with Gasteiger partial charge in [0.1, 0.15) is 5.75 Å². The monoisotopic (exact) mass is 263 g/mol. The van der Waals surface area contributed by atoms with E-state index in [4.69, 9.17) is 9.84 Å². The molecule has 0 aliphatic carbocycles. The fraction of sp³-hybridized carbons (Fsp3) is 0.533. The molecule has 0 saturated heterocycles. The normalized spacial score (nSPS) is 15.4. The van der Waals surface area contributed by atoms with E-state index in [0.29, 0.717) is 0 Å².